The first kappa shape index (κ1) is 14.1. The molecule has 1 N–H and O–H groups in total. The van der Waals surface area contributed by atoms with E-state index < -0.39 is 30.8 Å². The summed E-state index contributed by atoms with van der Waals surface area (Å²) >= 11 is 5.67. The minimum atomic E-state index is -2.93. The maximum atomic E-state index is 13.4. The van der Waals surface area contributed by atoms with Gasteiger partial charge in [0.05, 0.1) is 17.5 Å². The average Bonchev–Trinajstić information content (AvgIpc) is 2.38. The number of carbonyl (C=O) groups excluding carboxylic acids is 1. The summed E-state index contributed by atoms with van der Waals surface area (Å²) in [5.41, 5.74) is 0.159. The Bertz CT molecular complexity index is 467. The highest BCUT2D eigenvalue weighted by atomic mass is 35.5. The van der Waals surface area contributed by atoms with Gasteiger partial charge in [0.25, 0.3) is 11.8 Å². The number of aromatic nitrogens is 1. The molecule has 0 aromatic carbocycles. The van der Waals surface area contributed by atoms with Gasteiger partial charge in [-0.05, 0) is 12.1 Å². The molecule has 1 unspecified atom stereocenters. The predicted molar refractivity (Wildman–Crippen MR) is 65.3 cm³/mol. The third-order valence-corrected chi connectivity index (χ3v) is 3.43. The van der Waals surface area contributed by atoms with Crippen LogP contribution < -0.4 is 0 Å². The van der Waals surface area contributed by atoms with Crippen molar-refractivity contribution in [3.63, 3.8) is 0 Å². The molecular weight excluding hydrogens is 278 g/mol. The van der Waals surface area contributed by atoms with Gasteiger partial charge in [-0.1, -0.05) is 11.6 Å². The first-order valence-electron chi connectivity index (χ1n) is 5.83. The van der Waals surface area contributed by atoms with E-state index >= 15 is 0 Å². The van der Waals surface area contributed by atoms with Crippen molar-refractivity contribution >= 4 is 17.5 Å². The van der Waals surface area contributed by atoms with Gasteiger partial charge in [-0.3, -0.25) is 4.79 Å². The topological polar surface area (TPSA) is 53.4 Å². The molecule has 0 bridgehead atoms. The lowest BCUT2D eigenvalue weighted by atomic mass is 9.94. The van der Waals surface area contributed by atoms with Crippen molar-refractivity contribution in [3.05, 3.63) is 29.0 Å². The lowest BCUT2D eigenvalue weighted by Crippen LogP contribution is -2.50. The van der Waals surface area contributed by atoms with Crippen molar-refractivity contribution in [3.8, 4) is 0 Å². The minimum Gasteiger partial charge on any atom is -0.396 e. The Kier molecular flexibility index (Phi) is 4.01. The molecule has 0 radical (unpaired) electrons. The molecule has 0 spiro atoms. The molecule has 1 fully saturated rings. The van der Waals surface area contributed by atoms with E-state index in [1.807, 2.05) is 0 Å². The van der Waals surface area contributed by atoms with E-state index in [0.717, 1.165) is 0 Å². The highest BCUT2D eigenvalue weighted by Crippen LogP contribution is 2.33. The van der Waals surface area contributed by atoms with E-state index in [1.54, 1.807) is 0 Å². The normalized spacial score (nSPS) is 22.3. The molecule has 1 atom stereocenters. The summed E-state index contributed by atoms with van der Waals surface area (Å²) in [5.74, 6) is -4.58. The first-order chi connectivity index (χ1) is 8.94. The molecule has 4 nitrogen and oxygen atoms in total. The third-order valence-electron chi connectivity index (χ3n) is 3.21. The summed E-state index contributed by atoms with van der Waals surface area (Å²) in [6, 6.07) is 2.97. The second kappa shape index (κ2) is 5.38. The van der Waals surface area contributed by atoms with Gasteiger partial charge in [0.15, 0.2) is 0 Å². The van der Waals surface area contributed by atoms with Crippen molar-refractivity contribution in [1.29, 1.82) is 0 Å². The summed E-state index contributed by atoms with van der Waals surface area (Å²) in [5, 5.41) is 9.38. The van der Waals surface area contributed by atoms with Crippen molar-refractivity contribution in [2.45, 2.75) is 12.3 Å². The van der Waals surface area contributed by atoms with Gasteiger partial charge < -0.3 is 10.0 Å². The monoisotopic (exact) mass is 290 g/mol. The number of aliphatic hydroxyl groups excluding tert-OH is 1. The minimum absolute atomic E-state index is 0.0490. The molecule has 0 aliphatic carbocycles. The molecule has 19 heavy (non-hydrogen) atoms. The Labute approximate surface area is 114 Å². The van der Waals surface area contributed by atoms with Crippen LogP contribution in [0.25, 0.3) is 0 Å². The Hall–Kier alpha value is -1.27. The van der Waals surface area contributed by atoms with Gasteiger partial charge in [0.2, 0.25) is 0 Å². The number of carbonyl (C=O) groups is 1. The van der Waals surface area contributed by atoms with Crippen molar-refractivity contribution in [2.75, 3.05) is 19.7 Å². The molecule has 0 saturated carbocycles. The van der Waals surface area contributed by atoms with Crippen LogP contribution >= 0.6 is 11.6 Å². The maximum absolute atomic E-state index is 13.4. The summed E-state index contributed by atoms with van der Waals surface area (Å²) in [6.45, 7) is -0.871. The molecule has 1 aromatic heterocycles. The van der Waals surface area contributed by atoms with Crippen LogP contribution in [0.2, 0.25) is 5.02 Å². The van der Waals surface area contributed by atoms with Crippen LogP contribution in [-0.4, -0.2) is 46.5 Å². The number of likely N-dealkylation sites (tertiary alicyclic amines) is 1. The number of alkyl halides is 2. The first-order valence-corrected chi connectivity index (χ1v) is 6.21. The molecule has 2 heterocycles. The van der Waals surface area contributed by atoms with Crippen molar-refractivity contribution < 1.29 is 18.7 Å². The van der Waals surface area contributed by atoms with E-state index in [-0.39, 0.29) is 18.8 Å². The second-order valence-corrected chi connectivity index (χ2v) is 4.94. The van der Waals surface area contributed by atoms with Gasteiger partial charge >= 0.3 is 0 Å². The number of nitrogens with zero attached hydrogens (tertiary/aromatic N) is 2. The molecule has 104 valence electrons. The van der Waals surface area contributed by atoms with Gasteiger partial charge in [0, 0.05) is 25.7 Å². The number of rotatable bonds is 2. The van der Waals surface area contributed by atoms with Crippen LogP contribution in [0.5, 0.6) is 0 Å². The van der Waals surface area contributed by atoms with Crippen LogP contribution in [0.15, 0.2) is 18.3 Å². The Morgan fingerprint density at radius 3 is 2.89 bits per heavy atom. The SMILES string of the molecule is O=C(c1ccc(Cl)cn1)N1CCC(F)(F)C(CO)C1. The zero-order valence-electron chi connectivity index (χ0n) is 10.0. The number of hydrogen-bond donors (Lipinski definition) is 1. The Balaban J connectivity index is 2.11. The summed E-state index contributed by atoms with van der Waals surface area (Å²) in [6.07, 6.45) is 0.883. The van der Waals surface area contributed by atoms with E-state index in [9.17, 15) is 13.6 Å². The summed E-state index contributed by atoms with van der Waals surface area (Å²) < 4.78 is 26.9. The van der Waals surface area contributed by atoms with Crippen molar-refractivity contribution in [1.82, 2.24) is 9.88 Å². The molecule has 1 aromatic rings. The lowest BCUT2D eigenvalue weighted by molar-refractivity contribution is -0.113. The van der Waals surface area contributed by atoms with Crippen LogP contribution in [0.3, 0.4) is 0 Å². The molecule has 1 aliphatic heterocycles. The van der Waals surface area contributed by atoms with E-state index in [2.05, 4.69) is 4.98 Å². The quantitative estimate of drug-likeness (QED) is 0.904. The Morgan fingerprint density at radius 2 is 2.32 bits per heavy atom. The van der Waals surface area contributed by atoms with Gasteiger partial charge in [-0.15, -0.1) is 0 Å². The standard InChI is InChI=1S/C12H13ClF2N2O2/c13-9-1-2-10(16-5-9)11(19)17-4-3-12(14,15)8(6-17)7-18/h1-2,5,8,18H,3-4,6-7H2. The molecule has 1 saturated heterocycles. The zero-order chi connectivity index (χ0) is 14.0. The number of hydrogen-bond acceptors (Lipinski definition) is 3. The zero-order valence-corrected chi connectivity index (χ0v) is 10.8. The smallest absolute Gasteiger partial charge is 0.272 e. The van der Waals surface area contributed by atoms with E-state index in [0.29, 0.717) is 5.02 Å². The molecule has 2 rings (SSSR count). The van der Waals surface area contributed by atoms with Crippen LogP contribution in [-0.2, 0) is 0 Å². The fourth-order valence-corrected chi connectivity index (χ4v) is 2.13. The van der Waals surface area contributed by atoms with E-state index in [1.165, 1.54) is 23.2 Å². The number of aliphatic hydroxyl groups is 1. The number of halogens is 3. The number of piperidine rings is 1. The average molecular weight is 291 g/mol. The van der Waals surface area contributed by atoms with Crippen LogP contribution in [0.1, 0.15) is 16.9 Å². The summed E-state index contributed by atoms with van der Waals surface area (Å²) in [7, 11) is 0. The highest BCUT2D eigenvalue weighted by Gasteiger charge is 2.44. The predicted octanol–water partition coefficient (Wildman–Crippen LogP) is 1.82. The second-order valence-electron chi connectivity index (χ2n) is 4.50. The molecule has 1 aliphatic rings. The van der Waals surface area contributed by atoms with Gasteiger partial charge in [-0.25, -0.2) is 13.8 Å². The third kappa shape index (κ3) is 3.01. The van der Waals surface area contributed by atoms with Crippen LogP contribution in [0, 0.1) is 5.92 Å². The largest absolute Gasteiger partial charge is 0.396 e. The number of amides is 1. The molecule has 1 amide bonds. The Morgan fingerprint density at radius 1 is 1.58 bits per heavy atom. The van der Waals surface area contributed by atoms with Crippen LogP contribution in [0.4, 0.5) is 8.78 Å². The fraction of sp³-hybridized carbons (Fsp3) is 0.500. The van der Waals surface area contributed by atoms with Gasteiger partial charge in [0.1, 0.15) is 5.69 Å². The highest BCUT2D eigenvalue weighted by molar-refractivity contribution is 6.30. The van der Waals surface area contributed by atoms with Crippen molar-refractivity contribution in [2.24, 2.45) is 5.92 Å². The fourth-order valence-electron chi connectivity index (χ4n) is 2.02. The maximum Gasteiger partial charge on any atom is 0.272 e. The molecule has 7 heteroatoms. The molecular formula is C12H13ClF2N2O2. The van der Waals surface area contributed by atoms with Gasteiger partial charge in [-0.2, -0.15) is 0 Å². The van der Waals surface area contributed by atoms with E-state index in [4.69, 9.17) is 16.7 Å². The number of pyridine rings is 1. The lowest BCUT2D eigenvalue weighted by Gasteiger charge is -2.37. The summed E-state index contributed by atoms with van der Waals surface area (Å²) in [4.78, 5) is 17.2.